The predicted molar refractivity (Wildman–Crippen MR) is 75.5 cm³/mol. The second-order valence-corrected chi connectivity index (χ2v) is 4.88. The van der Waals surface area contributed by atoms with Crippen molar-refractivity contribution >= 4 is 17.4 Å². The monoisotopic (exact) mass is 248 g/mol. The highest BCUT2D eigenvalue weighted by atomic mass is 32.2. The molecule has 0 spiro atoms. The van der Waals surface area contributed by atoms with Crippen LogP contribution >= 0.6 is 11.8 Å². The van der Waals surface area contributed by atoms with E-state index in [0.717, 1.165) is 35.4 Å². The van der Waals surface area contributed by atoms with Gasteiger partial charge < -0.3 is 5.32 Å². The van der Waals surface area contributed by atoms with Gasteiger partial charge in [0.1, 0.15) is 6.07 Å². The average molecular weight is 248 g/mol. The molecule has 17 heavy (non-hydrogen) atoms. The fraction of sp³-hybridized carbons (Fsp3) is 0.500. The van der Waals surface area contributed by atoms with Crippen molar-refractivity contribution in [2.24, 2.45) is 0 Å². The van der Waals surface area contributed by atoms with Crippen molar-refractivity contribution in [1.29, 1.82) is 5.26 Å². The van der Waals surface area contributed by atoms with E-state index in [-0.39, 0.29) is 0 Å². The standard InChI is InChI=1S/C14H20N2S/c1-4-7-11(5-2)16-13-8-6-9-14(17-3)12(13)10-15/h6,8-9,11,16H,4-5,7H2,1-3H3. The Morgan fingerprint density at radius 3 is 2.71 bits per heavy atom. The Morgan fingerprint density at radius 1 is 1.41 bits per heavy atom. The Morgan fingerprint density at radius 2 is 2.18 bits per heavy atom. The first kappa shape index (κ1) is 13.9. The van der Waals surface area contributed by atoms with Crippen molar-refractivity contribution in [3.05, 3.63) is 23.8 Å². The predicted octanol–water partition coefficient (Wildman–Crippen LogP) is 4.27. The lowest BCUT2D eigenvalue weighted by molar-refractivity contribution is 0.622. The Balaban J connectivity index is 2.94. The second-order valence-electron chi connectivity index (χ2n) is 4.03. The number of rotatable bonds is 6. The number of thioether (sulfide) groups is 1. The number of nitrogens with one attached hydrogen (secondary N) is 1. The minimum Gasteiger partial charge on any atom is -0.381 e. The molecule has 0 amide bonds. The molecule has 1 aromatic rings. The molecule has 1 atom stereocenters. The zero-order chi connectivity index (χ0) is 12.7. The van der Waals surface area contributed by atoms with Gasteiger partial charge in [0, 0.05) is 10.9 Å². The largest absolute Gasteiger partial charge is 0.381 e. The molecule has 1 rings (SSSR count). The summed E-state index contributed by atoms with van der Waals surface area (Å²) in [5.74, 6) is 0. The summed E-state index contributed by atoms with van der Waals surface area (Å²) in [5, 5.41) is 12.7. The van der Waals surface area contributed by atoms with E-state index >= 15 is 0 Å². The Kier molecular flexibility index (Phi) is 5.93. The molecule has 0 aliphatic carbocycles. The molecular weight excluding hydrogens is 228 g/mol. The first-order valence-electron chi connectivity index (χ1n) is 6.10. The average Bonchev–Trinajstić information content (AvgIpc) is 2.37. The zero-order valence-electron chi connectivity index (χ0n) is 10.8. The topological polar surface area (TPSA) is 35.8 Å². The molecule has 1 N–H and O–H groups in total. The fourth-order valence-electron chi connectivity index (χ4n) is 1.88. The molecule has 1 unspecified atom stereocenters. The van der Waals surface area contributed by atoms with Crippen LogP contribution < -0.4 is 5.32 Å². The van der Waals surface area contributed by atoms with Gasteiger partial charge >= 0.3 is 0 Å². The van der Waals surface area contributed by atoms with Crippen LogP contribution in [-0.4, -0.2) is 12.3 Å². The van der Waals surface area contributed by atoms with Crippen molar-refractivity contribution in [2.45, 2.75) is 44.0 Å². The summed E-state index contributed by atoms with van der Waals surface area (Å²) in [6.45, 7) is 4.37. The molecule has 0 fully saturated rings. The Labute approximate surface area is 108 Å². The lowest BCUT2D eigenvalue weighted by Gasteiger charge is -2.19. The molecule has 3 heteroatoms. The summed E-state index contributed by atoms with van der Waals surface area (Å²) in [4.78, 5) is 1.05. The van der Waals surface area contributed by atoms with Crippen LogP contribution in [0.25, 0.3) is 0 Å². The van der Waals surface area contributed by atoms with Crippen LogP contribution in [0.2, 0.25) is 0 Å². The number of hydrogen-bond donors (Lipinski definition) is 1. The van der Waals surface area contributed by atoms with E-state index in [9.17, 15) is 5.26 Å². The number of hydrogen-bond acceptors (Lipinski definition) is 3. The summed E-state index contributed by atoms with van der Waals surface area (Å²) >= 11 is 1.62. The van der Waals surface area contributed by atoms with Crippen LogP contribution in [0.5, 0.6) is 0 Å². The zero-order valence-corrected chi connectivity index (χ0v) is 11.6. The Hall–Kier alpha value is -1.14. The maximum absolute atomic E-state index is 9.24. The number of anilines is 1. The summed E-state index contributed by atoms with van der Waals surface area (Å²) < 4.78 is 0. The molecule has 92 valence electrons. The van der Waals surface area contributed by atoms with Gasteiger partial charge in [0.25, 0.3) is 0 Å². The van der Waals surface area contributed by atoms with E-state index in [4.69, 9.17) is 0 Å². The van der Waals surface area contributed by atoms with Gasteiger partial charge in [-0.1, -0.05) is 26.3 Å². The lowest BCUT2D eigenvalue weighted by Crippen LogP contribution is -2.18. The van der Waals surface area contributed by atoms with Crippen LogP contribution in [0.3, 0.4) is 0 Å². The van der Waals surface area contributed by atoms with E-state index in [1.807, 2.05) is 24.5 Å². The molecule has 0 heterocycles. The van der Waals surface area contributed by atoms with Crippen LogP contribution in [0.15, 0.2) is 23.1 Å². The highest BCUT2D eigenvalue weighted by Gasteiger charge is 2.10. The van der Waals surface area contributed by atoms with Gasteiger partial charge in [-0.15, -0.1) is 11.8 Å². The van der Waals surface area contributed by atoms with E-state index in [2.05, 4.69) is 25.2 Å². The second kappa shape index (κ2) is 7.24. The SMILES string of the molecule is CCCC(CC)Nc1cccc(SC)c1C#N. The third-order valence-electron chi connectivity index (χ3n) is 2.85. The fourth-order valence-corrected chi connectivity index (χ4v) is 2.46. The quantitative estimate of drug-likeness (QED) is 0.764. The van der Waals surface area contributed by atoms with E-state index in [0.29, 0.717) is 6.04 Å². The third-order valence-corrected chi connectivity index (χ3v) is 3.63. The lowest BCUT2D eigenvalue weighted by atomic mass is 10.1. The van der Waals surface area contributed by atoms with Crippen molar-refractivity contribution in [3.8, 4) is 6.07 Å². The highest BCUT2D eigenvalue weighted by molar-refractivity contribution is 7.98. The minimum absolute atomic E-state index is 0.462. The Bertz CT molecular complexity index is 396. The van der Waals surface area contributed by atoms with Crippen molar-refractivity contribution in [2.75, 3.05) is 11.6 Å². The third kappa shape index (κ3) is 3.67. The molecule has 0 saturated heterocycles. The van der Waals surface area contributed by atoms with E-state index in [1.165, 1.54) is 0 Å². The summed E-state index contributed by atoms with van der Waals surface area (Å²) in [6.07, 6.45) is 5.39. The van der Waals surface area contributed by atoms with Gasteiger partial charge in [-0.25, -0.2) is 0 Å². The summed E-state index contributed by atoms with van der Waals surface area (Å²) in [7, 11) is 0. The van der Waals surface area contributed by atoms with E-state index in [1.54, 1.807) is 11.8 Å². The molecule has 0 radical (unpaired) electrons. The number of nitriles is 1. The molecule has 0 aliphatic heterocycles. The van der Waals surface area contributed by atoms with Gasteiger partial charge in [0.15, 0.2) is 0 Å². The first-order chi connectivity index (χ1) is 8.26. The van der Waals surface area contributed by atoms with Crippen LogP contribution in [0.1, 0.15) is 38.7 Å². The molecule has 2 nitrogen and oxygen atoms in total. The van der Waals surface area contributed by atoms with Gasteiger partial charge in [0.05, 0.1) is 11.3 Å². The maximum Gasteiger partial charge on any atom is 0.102 e. The van der Waals surface area contributed by atoms with Gasteiger partial charge in [0.2, 0.25) is 0 Å². The maximum atomic E-state index is 9.24. The van der Waals surface area contributed by atoms with Gasteiger partial charge in [-0.3, -0.25) is 0 Å². The van der Waals surface area contributed by atoms with Crippen molar-refractivity contribution in [3.63, 3.8) is 0 Å². The minimum atomic E-state index is 0.462. The van der Waals surface area contributed by atoms with Crippen LogP contribution in [0, 0.1) is 11.3 Å². The first-order valence-corrected chi connectivity index (χ1v) is 7.32. The molecule has 0 saturated carbocycles. The van der Waals surface area contributed by atoms with Gasteiger partial charge in [-0.05, 0) is 31.2 Å². The normalized spacial score (nSPS) is 11.9. The van der Waals surface area contributed by atoms with Crippen LogP contribution in [-0.2, 0) is 0 Å². The molecule has 0 bridgehead atoms. The number of benzene rings is 1. The molecular formula is C14H20N2S. The number of nitrogens with zero attached hydrogens (tertiary/aromatic N) is 1. The smallest absolute Gasteiger partial charge is 0.102 e. The van der Waals surface area contributed by atoms with E-state index < -0.39 is 0 Å². The van der Waals surface area contributed by atoms with Crippen molar-refractivity contribution in [1.82, 2.24) is 0 Å². The highest BCUT2D eigenvalue weighted by Crippen LogP contribution is 2.27. The van der Waals surface area contributed by atoms with Gasteiger partial charge in [-0.2, -0.15) is 5.26 Å². The summed E-state index contributed by atoms with van der Waals surface area (Å²) in [6, 6.07) is 8.77. The summed E-state index contributed by atoms with van der Waals surface area (Å²) in [5.41, 5.74) is 1.74. The molecule has 1 aromatic carbocycles. The molecule has 0 aromatic heterocycles. The molecule has 0 aliphatic rings. The van der Waals surface area contributed by atoms with Crippen LogP contribution in [0.4, 0.5) is 5.69 Å². The van der Waals surface area contributed by atoms with Crippen molar-refractivity contribution < 1.29 is 0 Å².